The van der Waals surface area contributed by atoms with Gasteiger partial charge in [-0.3, -0.25) is 0 Å². The number of halogens is 3. The molecule has 0 amide bonds. The topological polar surface area (TPSA) is 54.0 Å². The molecule has 1 fully saturated rings. The average molecular weight is 535 g/mol. The van der Waals surface area contributed by atoms with Crippen LogP contribution in [0.5, 0.6) is 0 Å². The second-order valence-corrected chi connectivity index (χ2v) is 9.50. The van der Waals surface area contributed by atoms with Crippen LogP contribution in [-0.2, 0) is 29.3 Å². The molecule has 1 saturated heterocycles. The SMILES string of the molecule is C=C[C@@H](C#CC#CC[C@H]1OC(C)(C)O[C@@H]1CCCCCCC)OC(=O)[C@](OC)(c1ccccc1)C(F)(F)F. The first kappa shape index (κ1) is 31.4. The molecule has 5 nitrogen and oxygen atoms in total. The number of alkyl halides is 3. The summed E-state index contributed by atoms with van der Waals surface area (Å²) >= 11 is 0. The first-order valence-electron chi connectivity index (χ1n) is 12.9. The molecular formula is C30H37F3O5. The van der Waals surface area contributed by atoms with Gasteiger partial charge in [0.05, 0.1) is 12.2 Å². The number of hydrogen-bond donors (Lipinski definition) is 0. The second kappa shape index (κ2) is 14.4. The molecule has 38 heavy (non-hydrogen) atoms. The van der Waals surface area contributed by atoms with Gasteiger partial charge in [-0.1, -0.05) is 81.9 Å². The van der Waals surface area contributed by atoms with E-state index in [0.717, 1.165) is 44.6 Å². The molecule has 1 heterocycles. The lowest BCUT2D eigenvalue weighted by Gasteiger charge is -2.32. The van der Waals surface area contributed by atoms with E-state index in [1.54, 1.807) is 0 Å². The average Bonchev–Trinajstić information content (AvgIpc) is 3.16. The molecular weight excluding hydrogens is 497 g/mol. The minimum absolute atomic E-state index is 0.0710. The van der Waals surface area contributed by atoms with E-state index in [0.29, 0.717) is 6.42 Å². The second-order valence-electron chi connectivity index (χ2n) is 9.50. The Morgan fingerprint density at radius 1 is 1.11 bits per heavy atom. The summed E-state index contributed by atoms with van der Waals surface area (Å²) in [6.07, 6.45) is 1.49. The van der Waals surface area contributed by atoms with Crippen LogP contribution >= 0.6 is 0 Å². The molecule has 0 bridgehead atoms. The zero-order valence-electron chi connectivity index (χ0n) is 22.5. The third-order valence-electron chi connectivity index (χ3n) is 6.17. The predicted octanol–water partition coefficient (Wildman–Crippen LogP) is 6.47. The first-order valence-corrected chi connectivity index (χ1v) is 12.9. The van der Waals surface area contributed by atoms with E-state index in [4.69, 9.17) is 18.9 Å². The van der Waals surface area contributed by atoms with Gasteiger partial charge >= 0.3 is 12.1 Å². The van der Waals surface area contributed by atoms with Crippen molar-refractivity contribution in [2.45, 2.75) is 102 Å². The lowest BCUT2D eigenvalue weighted by Crippen LogP contribution is -2.52. The van der Waals surface area contributed by atoms with Gasteiger partial charge in [-0.25, -0.2) is 4.79 Å². The van der Waals surface area contributed by atoms with Gasteiger partial charge in [0.25, 0.3) is 5.60 Å². The number of unbranched alkanes of at least 4 members (excludes halogenated alkanes) is 4. The van der Waals surface area contributed by atoms with E-state index in [1.165, 1.54) is 37.5 Å². The highest BCUT2D eigenvalue weighted by atomic mass is 19.4. The third-order valence-corrected chi connectivity index (χ3v) is 6.17. The van der Waals surface area contributed by atoms with Crippen molar-refractivity contribution in [1.82, 2.24) is 0 Å². The van der Waals surface area contributed by atoms with Crippen molar-refractivity contribution in [3.8, 4) is 23.7 Å². The van der Waals surface area contributed by atoms with Crippen molar-refractivity contribution in [3.63, 3.8) is 0 Å². The standard InChI is InChI=1S/C30H37F3O5/c1-6-8-9-10-16-21-25-26(38-28(3,4)37-25)22-17-12-15-20-24(7-2)36-27(34)29(35-5,30(31,32)33)23-18-13-11-14-19-23/h7,11,13-14,18-19,24-26H,2,6,8-10,16,21-22H2,1,3-5H3/t24-,25+,26+,29+/m0/s1. The predicted molar refractivity (Wildman–Crippen MR) is 139 cm³/mol. The zero-order valence-corrected chi connectivity index (χ0v) is 22.5. The van der Waals surface area contributed by atoms with Crippen molar-refractivity contribution in [2.24, 2.45) is 0 Å². The Hall–Kier alpha value is -2.78. The van der Waals surface area contributed by atoms with Crippen molar-refractivity contribution >= 4 is 5.97 Å². The molecule has 0 N–H and O–H groups in total. The van der Waals surface area contributed by atoms with Crippen molar-refractivity contribution in [1.29, 1.82) is 0 Å². The van der Waals surface area contributed by atoms with Gasteiger partial charge in [0.15, 0.2) is 11.9 Å². The Labute approximate surface area is 224 Å². The summed E-state index contributed by atoms with van der Waals surface area (Å²) in [5, 5.41) is 0. The molecule has 0 radical (unpaired) electrons. The quantitative estimate of drug-likeness (QED) is 0.133. The Bertz CT molecular complexity index is 1030. The highest BCUT2D eigenvalue weighted by molar-refractivity contribution is 5.83. The summed E-state index contributed by atoms with van der Waals surface area (Å²) in [4.78, 5) is 12.8. The van der Waals surface area contributed by atoms with E-state index in [-0.39, 0.29) is 12.2 Å². The van der Waals surface area contributed by atoms with E-state index in [9.17, 15) is 18.0 Å². The van der Waals surface area contributed by atoms with Crippen molar-refractivity contribution < 1.29 is 36.9 Å². The number of hydrogen-bond acceptors (Lipinski definition) is 5. The summed E-state index contributed by atoms with van der Waals surface area (Å²) in [7, 11) is 0.802. The smallest absolute Gasteiger partial charge is 0.432 e. The minimum Gasteiger partial charge on any atom is -0.442 e. The maximum absolute atomic E-state index is 14.1. The summed E-state index contributed by atoms with van der Waals surface area (Å²) in [5.41, 5.74) is -3.71. The molecule has 208 valence electrons. The number of rotatable bonds is 12. The number of ether oxygens (including phenoxy) is 4. The Morgan fingerprint density at radius 3 is 2.37 bits per heavy atom. The molecule has 1 aliphatic rings. The lowest BCUT2D eigenvalue weighted by molar-refractivity contribution is -0.276. The normalized spacial score (nSPS) is 20.7. The lowest BCUT2D eigenvalue weighted by atomic mass is 9.92. The van der Waals surface area contributed by atoms with Gasteiger partial charge in [-0.2, -0.15) is 13.2 Å². The molecule has 4 atom stereocenters. The molecule has 1 aliphatic heterocycles. The monoisotopic (exact) mass is 534 g/mol. The maximum Gasteiger partial charge on any atom is 0.432 e. The summed E-state index contributed by atoms with van der Waals surface area (Å²) in [5.74, 6) is 8.30. The van der Waals surface area contributed by atoms with Gasteiger partial charge in [-0.15, -0.1) is 0 Å². The fraction of sp³-hybridized carbons (Fsp3) is 0.567. The van der Waals surface area contributed by atoms with Gasteiger partial charge in [0.2, 0.25) is 0 Å². The molecule has 0 saturated carbocycles. The van der Waals surface area contributed by atoms with E-state index in [2.05, 4.69) is 37.2 Å². The zero-order chi connectivity index (χ0) is 28.2. The Morgan fingerprint density at radius 2 is 1.76 bits per heavy atom. The molecule has 1 aromatic carbocycles. The van der Waals surface area contributed by atoms with Gasteiger partial charge < -0.3 is 18.9 Å². The van der Waals surface area contributed by atoms with E-state index < -0.39 is 35.2 Å². The molecule has 8 heteroatoms. The summed E-state index contributed by atoms with van der Waals surface area (Å²) in [6.45, 7) is 9.41. The molecule has 1 aromatic rings. The highest BCUT2D eigenvalue weighted by Gasteiger charge is 2.64. The van der Waals surface area contributed by atoms with E-state index >= 15 is 0 Å². The van der Waals surface area contributed by atoms with Crippen LogP contribution in [0, 0.1) is 23.7 Å². The van der Waals surface area contributed by atoms with Crippen molar-refractivity contribution in [2.75, 3.05) is 7.11 Å². The number of methoxy groups -OCH3 is 1. The van der Waals surface area contributed by atoms with Crippen LogP contribution in [0.1, 0.15) is 71.3 Å². The third kappa shape index (κ3) is 8.36. The molecule has 0 aromatic heterocycles. The maximum atomic E-state index is 14.1. The van der Waals surface area contributed by atoms with Crippen LogP contribution < -0.4 is 0 Å². The largest absolute Gasteiger partial charge is 0.442 e. The van der Waals surface area contributed by atoms with E-state index in [1.807, 2.05) is 13.8 Å². The molecule has 2 rings (SSSR count). The Kier molecular flexibility index (Phi) is 11.9. The molecule has 0 unspecified atom stereocenters. The summed E-state index contributed by atoms with van der Waals surface area (Å²) < 4.78 is 64.0. The van der Waals surface area contributed by atoms with Crippen LogP contribution in [-0.4, -0.2) is 43.4 Å². The van der Waals surface area contributed by atoms with Gasteiger partial charge in [-0.05, 0) is 44.1 Å². The Balaban J connectivity index is 2.05. The van der Waals surface area contributed by atoms with Crippen LogP contribution in [0.15, 0.2) is 43.0 Å². The van der Waals surface area contributed by atoms with Crippen molar-refractivity contribution in [3.05, 3.63) is 48.6 Å². The minimum atomic E-state index is -5.08. The first-order chi connectivity index (χ1) is 18.0. The fourth-order valence-electron chi connectivity index (χ4n) is 4.30. The van der Waals surface area contributed by atoms with Gasteiger partial charge in [0, 0.05) is 19.1 Å². The number of benzene rings is 1. The van der Waals surface area contributed by atoms with Crippen LogP contribution in [0.4, 0.5) is 13.2 Å². The number of carbonyl (C=O) groups is 1. The van der Waals surface area contributed by atoms with Crippen LogP contribution in [0.2, 0.25) is 0 Å². The van der Waals surface area contributed by atoms with Crippen LogP contribution in [0.3, 0.4) is 0 Å². The number of esters is 1. The molecule has 0 spiro atoms. The summed E-state index contributed by atoms with van der Waals surface area (Å²) in [6, 6.07) is 6.57. The van der Waals surface area contributed by atoms with Crippen LogP contribution in [0.25, 0.3) is 0 Å². The molecule has 0 aliphatic carbocycles. The fourth-order valence-corrected chi connectivity index (χ4v) is 4.30. The van der Waals surface area contributed by atoms with Gasteiger partial charge in [0.1, 0.15) is 0 Å². The number of carbonyl (C=O) groups excluding carboxylic acids is 1. The highest BCUT2D eigenvalue weighted by Crippen LogP contribution is 2.43.